The second-order valence-electron chi connectivity index (χ2n) is 4.59. The van der Waals surface area contributed by atoms with Gasteiger partial charge in [-0.05, 0) is 38.5 Å². The molecule has 0 amide bonds. The number of hydrogen-bond donors (Lipinski definition) is 2. The molecule has 16 heavy (non-hydrogen) atoms. The fourth-order valence-corrected chi connectivity index (χ4v) is 2.26. The fraction of sp³-hybridized carbons (Fsp3) is 0.636. The number of rotatable bonds is 2. The van der Waals surface area contributed by atoms with E-state index in [0.29, 0.717) is 6.04 Å². The van der Waals surface area contributed by atoms with Gasteiger partial charge in [-0.2, -0.15) is 5.10 Å². The fourth-order valence-electron chi connectivity index (χ4n) is 2.26. The van der Waals surface area contributed by atoms with E-state index in [9.17, 15) is 4.79 Å². The molecule has 3 rings (SSSR count). The van der Waals surface area contributed by atoms with E-state index in [0.717, 1.165) is 60.3 Å². The average molecular weight is 221 g/mol. The molecule has 0 atom stereocenters. The average Bonchev–Trinajstić information content (AvgIpc) is 3.00. The molecular weight excluding hydrogens is 206 g/mol. The van der Waals surface area contributed by atoms with Gasteiger partial charge in [0.25, 0.3) is 0 Å². The summed E-state index contributed by atoms with van der Waals surface area (Å²) in [5, 5.41) is 16.6. The van der Waals surface area contributed by atoms with E-state index >= 15 is 0 Å². The Morgan fingerprint density at radius 3 is 2.81 bits per heavy atom. The minimum absolute atomic E-state index is 0.459. The van der Waals surface area contributed by atoms with Gasteiger partial charge in [0.2, 0.25) is 0 Å². The Morgan fingerprint density at radius 1 is 1.38 bits per heavy atom. The van der Waals surface area contributed by atoms with Gasteiger partial charge in [-0.3, -0.25) is 0 Å². The standard InChI is InChI=1S/C11H15N3O2/c15-11(16)14-10(12-7-5-6-7)8-3-1-2-4-9(8)13-14/h7,12H,1-6H2,(H,15,16). The molecule has 86 valence electrons. The first-order chi connectivity index (χ1) is 7.75. The summed E-state index contributed by atoms with van der Waals surface area (Å²) in [4.78, 5) is 11.1. The van der Waals surface area contributed by atoms with Crippen LogP contribution in [0, 0.1) is 0 Å². The van der Waals surface area contributed by atoms with Crippen LogP contribution in [0.4, 0.5) is 10.6 Å². The lowest BCUT2D eigenvalue weighted by molar-refractivity contribution is 0.193. The Labute approximate surface area is 93.5 Å². The molecule has 5 nitrogen and oxygen atoms in total. The number of anilines is 1. The van der Waals surface area contributed by atoms with Crippen LogP contribution in [0.5, 0.6) is 0 Å². The van der Waals surface area contributed by atoms with Gasteiger partial charge >= 0.3 is 6.09 Å². The van der Waals surface area contributed by atoms with Crippen molar-refractivity contribution in [2.45, 2.75) is 44.6 Å². The highest BCUT2D eigenvalue weighted by atomic mass is 16.4. The Balaban J connectivity index is 2.01. The zero-order chi connectivity index (χ0) is 11.1. The van der Waals surface area contributed by atoms with Gasteiger partial charge in [-0.25, -0.2) is 4.79 Å². The van der Waals surface area contributed by atoms with E-state index in [1.165, 1.54) is 0 Å². The van der Waals surface area contributed by atoms with Crippen molar-refractivity contribution < 1.29 is 9.90 Å². The van der Waals surface area contributed by atoms with Crippen LogP contribution in [-0.2, 0) is 12.8 Å². The lowest BCUT2D eigenvalue weighted by atomic mass is 9.97. The van der Waals surface area contributed by atoms with Crippen LogP contribution in [0.25, 0.3) is 0 Å². The van der Waals surface area contributed by atoms with Gasteiger partial charge in [-0.1, -0.05) is 0 Å². The highest BCUT2D eigenvalue weighted by Gasteiger charge is 2.28. The molecule has 5 heteroatoms. The van der Waals surface area contributed by atoms with E-state index in [2.05, 4.69) is 10.4 Å². The SMILES string of the molecule is O=C(O)n1nc2c(c1NC1CC1)CCCC2. The number of hydrogen-bond acceptors (Lipinski definition) is 3. The van der Waals surface area contributed by atoms with E-state index in [1.54, 1.807) is 0 Å². The van der Waals surface area contributed by atoms with Crippen LogP contribution in [0.2, 0.25) is 0 Å². The number of aryl methyl sites for hydroxylation is 1. The molecule has 0 saturated heterocycles. The van der Waals surface area contributed by atoms with Gasteiger partial charge in [0.15, 0.2) is 0 Å². The molecule has 0 unspecified atom stereocenters. The predicted octanol–water partition coefficient (Wildman–Crippen LogP) is 1.86. The van der Waals surface area contributed by atoms with Crippen LogP contribution in [0.1, 0.15) is 36.9 Å². The van der Waals surface area contributed by atoms with Crippen molar-refractivity contribution in [1.29, 1.82) is 0 Å². The largest absolute Gasteiger partial charge is 0.463 e. The first-order valence-corrected chi connectivity index (χ1v) is 5.86. The minimum Gasteiger partial charge on any atom is -0.463 e. The second-order valence-corrected chi connectivity index (χ2v) is 4.59. The number of nitrogens with one attached hydrogen (secondary N) is 1. The molecule has 0 bridgehead atoms. The molecule has 1 saturated carbocycles. The Morgan fingerprint density at radius 2 is 2.12 bits per heavy atom. The molecule has 2 aliphatic carbocycles. The smallest absolute Gasteiger partial charge is 0.434 e. The summed E-state index contributed by atoms with van der Waals surface area (Å²) in [6.07, 6.45) is 5.41. The number of carbonyl (C=O) groups is 1. The van der Waals surface area contributed by atoms with Gasteiger partial charge < -0.3 is 10.4 Å². The zero-order valence-electron chi connectivity index (χ0n) is 9.07. The third-order valence-corrected chi connectivity index (χ3v) is 3.26. The summed E-state index contributed by atoms with van der Waals surface area (Å²) in [6, 6.07) is 0.459. The third kappa shape index (κ3) is 1.56. The normalized spacial score (nSPS) is 19.2. The molecule has 0 spiro atoms. The summed E-state index contributed by atoms with van der Waals surface area (Å²) in [7, 11) is 0. The lowest BCUT2D eigenvalue weighted by Gasteiger charge is -2.12. The lowest BCUT2D eigenvalue weighted by Crippen LogP contribution is -2.16. The molecule has 0 radical (unpaired) electrons. The van der Waals surface area contributed by atoms with Crippen molar-refractivity contribution in [3.63, 3.8) is 0 Å². The van der Waals surface area contributed by atoms with Crippen molar-refractivity contribution in [3.05, 3.63) is 11.3 Å². The van der Waals surface area contributed by atoms with Crippen molar-refractivity contribution >= 4 is 11.9 Å². The first-order valence-electron chi connectivity index (χ1n) is 5.86. The minimum atomic E-state index is -0.988. The summed E-state index contributed by atoms with van der Waals surface area (Å²) < 4.78 is 1.12. The van der Waals surface area contributed by atoms with Gasteiger partial charge in [-0.15, -0.1) is 4.68 Å². The van der Waals surface area contributed by atoms with Crippen molar-refractivity contribution in [2.75, 3.05) is 5.32 Å². The molecule has 0 aliphatic heterocycles. The van der Waals surface area contributed by atoms with Gasteiger partial charge in [0.05, 0.1) is 5.69 Å². The van der Waals surface area contributed by atoms with E-state index in [1.807, 2.05) is 0 Å². The van der Waals surface area contributed by atoms with Crippen molar-refractivity contribution in [3.8, 4) is 0 Å². The number of aromatic nitrogens is 2. The van der Waals surface area contributed by atoms with Crippen molar-refractivity contribution in [1.82, 2.24) is 9.78 Å². The molecule has 2 aliphatic rings. The highest BCUT2D eigenvalue weighted by molar-refractivity contribution is 5.74. The Bertz CT molecular complexity index is 435. The van der Waals surface area contributed by atoms with Crippen molar-refractivity contribution in [2.24, 2.45) is 0 Å². The van der Waals surface area contributed by atoms with Crippen LogP contribution in [0.15, 0.2) is 0 Å². The first kappa shape index (κ1) is 9.69. The molecular formula is C11H15N3O2. The maximum atomic E-state index is 11.1. The molecule has 1 fully saturated rings. The van der Waals surface area contributed by atoms with Crippen LogP contribution in [-0.4, -0.2) is 27.0 Å². The van der Waals surface area contributed by atoms with Gasteiger partial charge in [0.1, 0.15) is 5.82 Å². The summed E-state index contributed by atoms with van der Waals surface area (Å²) in [5.74, 6) is 0.727. The summed E-state index contributed by atoms with van der Waals surface area (Å²) in [5.41, 5.74) is 2.09. The topological polar surface area (TPSA) is 67.1 Å². The summed E-state index contributed by atoms with van der Waals surface area (Å²) >= 11 is 0. The molecule has 1 heterocycles. The van der Waals surface area contributed by atoms with E-state index in [4.69, 9.17) is 5.11 Å². The van der Waals surface area contributed by atoms with Crippen LogP contribution in [0.3, 0.4) is 0 Å². The third-order valence-electron chi connectivity index (χ3n) is 3.26. The number of nitrogens with zero attached hydrogens (tertiary/aromatic N) is 2. The monoisotopic (exact) mass is 221 g/mol. The van der Waals surface area contributed by atoms with E-state index < -0.39 is 6.09 Å². The predicted molar refractivity (Wildman–Crippen MR) is 58.9 cm³/mol. The number of carboxylic acid groups (broad SMARTS) is 1. The maximum Gasteiger partial charge on any atom is 0.434 e. The van der Waals surface area contributed by atoms with E-state index in [-0.39, 0.29) is 0 Å². The molecule has 1 aromatic rings. The Kier molecular flexibility index (Phi) is 2.12. The number of fused-ring (bicyclic) bond motifs is 1. The second kappa shape index (κ2) is 3.50. The van der Waals surface area contributed by atoms with Crippen LogP contribution >= 0.6 is 0 Å². The Hall–Kier alpha value is -1.52. The molecule has 1 aromatic heterocycles. The van der Waals surface area contributed by atoms with Crippen LogP contribution < -0.4 is 5.32 Å². The summed E-state index contributed by atoms with van der Waals surface area (Å²) in [6.45, 7) is 0. The zero-order valence-corrected chi connectivity index (χ0v) is 9.07. The molecule has 2 N–H and O–H groups in total. The highest BCUT2D eigenvalue weighted by Crippen LogP contribution is 2.32. The molecule has 0 aromatic carbocycles. The quantitative estimate of drug-likeness (QED) is 0.800. The maximum absolute atomic E-state index is 11.1. The van der Waals surface area contributed by atoms with Gasteiger partial charge in [0, 0.05) is 11.6 Å².